The molecule has 16 heavy (non-hydrogen) atoms. The number of aliphatic hydroxyl groups excluding tert-OH is 1. The average molecular weight is 286 g/mol. The minimum atomic E-state index is 0.171. The minimum absolute atomic E-state index is 0.171. The van der Waals surface area contributed by atoms with Gasteiger partial charge in [0.05, 0.1) is 0 Å². The van der Waals surface area contributed by atoms with Crippen molar-refractivity contribution in [2.45, 2.75) is 20.3 Å². The SMILES string of the molecule is Cc1c(Br)cccc1CC(C)C(CN)CO. The lowest BCUT2D eigenvalue weighted by Crippen LogP contribution is -2.26. The Morgan fingerprint density at radius 3 is 2.69 bits per heavy atom. The first-order chi connectivity index (χ1) is 7.60. The smallest absolute Gasteiger partial charge is 0.0474 e. The van der Waals surface area contributed by atoms with Crippen LogP contribution < -0.4 is 5.73 Å². The van der Waals surface area contributed by atoms with Crippen molar-refractivity contribution < 1.29 is 5.11 Å². The molecule has 0 bridgehead atoms. The van der Waals surface area contributed by atoms with Gasteiger partial charge in [-0.1, -0.05) is 35.0 Å². The van der Waals surface area contributed by atoms with E-state index in [0.29, 0.717) is 12.5 Å². The second-order valence-corrected chi connectivity index (χ2v) is 5.24. The highest BCUT2D eigenvalue weighted by molar-refractivity contribution is 9.10. The molecule has 0 aliphatic heterocycles. The summed E-state index contributed by atoms with van der Waals surface area (Å²) in [6, 6.07) is 6.24. The highest BCUT2D eigenvalue weighted by atomic mass is 79.9. The third-order valence-electron chi connectivity index (χ3n) is 3.26. The summed E-state index contributed by atoms with van der Waals surface area (Å²) in [6.45, 7) is 4.98. The minimum Gasteiger partial charge on any atom is -0.396 e. The predicted molar refractivity (Wildman–Crippen MR) is 71.4 cm³/mol. The van der Waals surface area contributed by atoms with E-state index in [9.17, 15) is 5.11 Å². The molecule has 0 heterocycles. The van der Waals surface area contributed by atoms with Crippen LogP contribution in [0, 0.1) is 18.8 Å². The van der Waals surface area contributed by atoms with Crippen LogP contribution in [0.15, 0.2) is 22.7 Å². The Morgan fingerprint density at radius 1 is 1.44 bits per heavy atom. The van der Waals surface area contributed by atoms with Gasteiger partial charge in [0.25, 0.3) is 0 Å². The van der Waals surface area contributed by atoms with Crippen molar-refractivity contribution in [1.29, 1.82) is 0 Å². The molecule has 0 saturated carbocycles. The Hall–Kier alpha value is -0.380. The first-order valence-corrected chi connectivity index (χ1v) is 6.44. The van der Waals surface area contributed by atoms with Gasteiger partial charge in [0.1, 0.15) is 0 Å². The van der Waals surface area contributed by atoms with Gasteiger partial charge < -0.3 is 10.8 Å². The van der Waals surface area contributed by atoms with Crippen molar-refractivity contribution >= 4 is 15.9 Å². The van der Waals surface area contributed by atoms with E-state index in [1.807, 2.05) is 0 Å². The summed E-state index contributed by atoms with van der Waals surface area (Å²) in [5.41, 5.74) is 8.24. The second kappa shape index (κ2) is 6.38. The highest BCUT2D eigenvalue weighted by Crippen LogP contribution is 2.24. The molecular weight excluding hydrogens is 266 g/mol. The summed E-state index contributed by atoms with van der Waals surface area (Å²) in [7, 11) is 0. The number of nitrogens with two attached hydrogens (primary N) is 1. The normalized spacial score (nSPS) is 14.8. The maximum atomic E-state index is 9.21. The number of benzene rings is 1. The molecule has 0 aliphatic carbocycles. The Morgan fingerprint density at radius 2 is 2.12 bits per heavy atom. The van der Waals surface area contributed by atoms with E-state index < -0.39 is 0 Å². The van der Waals surface area contributed by atoms with E-state index in [4.69, 9.17) is 5.73 Å². The van der Waals surface area contributed by atoms with E-state index in [1.54, 1.807) is 0 Å². The number of hydrogen-bond acceptors (Lipinski definition) is 2. The summed E-state index contributed by atoms with van der Waals surface area (Å²) in [6.07, 6.45) is 0.966. The van der Waals surface area contributed by atoms with Crippen LogP contribution in [0.1, 0.15) is 18.1 Å². The lowest BCUT2D eigenvalue weighted by Gasteiger charge is -2.21. The maximum absolute atomic E-state index is 9.21. The molecule has 0 amide bonds. The van der Waals surface area contributed by atoms with Crippen molar-refractivity contribution in [2.75, 3.05) is 13.2 Å². The van der Waals surface area contributed by atoms with Crippen molar-refractivity contribution in [1.82, 2.24) is 0 Å². The molecule has 1 aromatic carbocycles. The van der Waals surface area contributed by atoms with Crippen LogP contribution in [-0.2, 0) is 6.42 Å². The molecule has 2 atom stereocenters. The van der Waals surface area contributed by atoms with Crippen molar-refractivity contribution in [3.05, 3.63) is 33.8 Å². The third-order valence-corrected chi connectivity index (χ3v) is 4.12. The van der Waals surface area contributed by atoms with Crippen LogP contribution in [0.5, 0.6) is 0 Å². The van der Waals surface area contributed by atoms with Gasteiger partial charge >= 0.3 is 0 Å². The lowest BCUT2D eigenvalue weighted by atomic mass is 9.87. The van der Waals surface area contributed by atoms with Crippen LogP contribution in [0.4, 0.5) is 0 Å². The lowest BCUT2D eigenvalue weighted by molar-refractivity contribution is 0.187. The van der Waals surface area contributed by atoms with E-state index in [1.165, 1.54) is 11.1 Å². The van der Waals surface area contributed by atoms with Gasteiger partial charge in [0, 0.05) is 11.1 Å². The van der Waals surface area contributed by atoms with Crippen LogP contribution in [0.2, 0.25) is 0 Å². The Balaban J connectivity index is 2.76. The molecule has 3 N–H and O–H groups in total. The monoisotopic (exact) mass is 285 g/mol. The fraction of sp³-hybridized carbons (Fsp3) is 0.538. The van der Waals surface area contributed by atoms with E-state index in [-0.39, 0.29) is 12.5 Å². The zero-order valence-corrected chi connectivity index (χ0v) is 11.5. The molecular formula is C13H20BrNO. The second-order valence-electron chi connectivity index (χ2n) is 4.38. The molecule has 1 rings (SSSR count). The molecule has 0 fully saturated rings. The number of aliphatic hydroxyl groups is 1. The van der Waals surface area contributed by atoms with Gasteiger partial charge in [-0.25, -0.2) is 0 Å². The summed E-state index contributed by atoms with van der Waals surface area (Å²) in [4.78, 5) is 0. The highest BCUT2D eigenvalue weighted by Gasteiger charge is 2.16. The average Bonchev–Trinajstić information content (AvgIpc) is 2.26. The largest absolute Gasteiger partial charge is 0.396 e. The zero-order chi connectivity index (χ0) is 12.1. The fourth-order valence-corrected chi connectivity index (χ4v) is 2.28. The fourth-order valence-electron chi connectivity index (χ4n) is 1.87. The molecule has 3 heteroatoms. The predicted octanol–water partition coefficient (Wildman–Crippen LogP) is 2.50. The Bertz CT molecular complexity index is 337. The molecule has 0 aliphatic rings. The quantitative estimate of drug-likeness (QED) is 0.873. The third kappa shape index (κ3) is 3.30. The molecule has 1 aromatic rings. The number of rotatable bonds is 5. The number of hydrogen-bond donors (Lipinski definition) is 2. The maximum Gasteiger partial charge on any atom is 0.0474 e. The molecule has 2 nitrogen and oxygen atoms in total. The van der Waals surface area contributed by atoms with Gasteiger partial charge in [-0.3, -0.25) is 0 Å². The van der Waals surface area contributed by atoms with E-state index >= 15 is 0 Å². The molecule has 2 unspecified atom stereocenters. The van der Waals surface area contributed by atoms with Gasteiger partial charge in [-0.15, -0.1) is 0 Å². The summed E-state index contributed by atoms with van der Waals surface area (Å²) >= 11 is 3.53. The van der Waals surface area contributed by atoms with Gasteiger partial charge in [0.2, 0.25) is 0 Å². The van der Waals surface area contributed by atoms with Gasteiger partial charge in [-0.2, -0.15) is 0 Å². The Kier molecular flexibility index (Phi) is 5.46. The zero-order valence-electron chi connectivity index (χ0n) is 9.91. The van der Waals surface area contributed by atoms with Crippen LogP contribution in [0.3, 0.4) is 0 Å². The van der Waals surface area contributed by atoms with Crippen LogP contribution >= 0.6 is 15.9 Å². The first kappa shape index (κ1) is 13.7. The van der Waals surface area contributed by atoms with Gasteiger partial charge in [-0.05, 0) is 48.9 Å². The summed E-state index contributed by atoms with van der Waals surface area (Å²) in [5.74, 6) is 0.599. The first-order valence-electron chi connectivity index (χ1n) is 5.65. The molecule has 90 valence electrons. The molecule has 0 spiro atoms. The van der Waals surface area contributed by atoms with Crippen molar-refractivity contribution in [2.24, 2.45) is 17.6 Å². The van der Waals surface area contributed by atoms with E-state index in [2.05, 4.69) is 48.0 Å². The number of halogens is 1. The molecule has 0 saturated heterocycles. The summed E-state index contributed by atoms with van der Waals surface area (Å²) in [5, 5.41) is 9.21. The summed E-state index contributed by atoms with van der Waals surface area (Å²) < 4.78 is 1.14. The van der Waals surface area contributed by atoms with E-state index in [0.717, 1.165) is 10.9 Å². The van der Waals surface area contributed by atoms with Crippen LogP contribution in [-0.4, -0.2) is 18.3 Å². The van der Waals surface area contributed by atoms with Crippen LogP contribution in [0.25, 0.3) is 0 Å². The molecule has 0 radical (unpaired) electrons. The standard InChI is InChI=1S/C13H20BrNO/c1-9(12(7-15)8-16)6-11-4-3-5-13(14)10(11)2/h3-5,9,12,16H,6-8,15H2,1-2H3. The van der Waals surface area contributed by atoms with Crippen molar-refractivity contribution in [3.8, 4) is 0 Å². The Labute approximate surface area is 106 Å². The topological polar surface area (TPSA) is 46.2 Å². The van der Waals surface area contributed by atoms with Crippen molar-refractivity contribution in [3.63, 3.8) is 0 Å². The molecule has 0 aromatic heterocycles. The van der Waals surface area contributed by atoms with Gasteiger partial charge in [0.15, 0.2) is 0 Å².